The molecular weight excluding hydrogens is 432 g/mol. The minimum Gasteiger partial charge on any atom is -0.488 e. The van der Waals surface area contributed by atoms with E-state index < -0.39 is 5.60 Å². The van der Waals surface area contributed by atoms with Crippen LogP contribution in [0.1, 0.15) is 31.9 Å². The van der Waals surface area contributed by atoms with Gasteiger partial charge in [0.1, 0.15) is 18.0 Å². The minimum absolute atomic E-state index is 0.222. The number of rotatable bonds is 5. The standard InChI is InChI=1S/C23H29BrN2O3/c1-23(2,3)29-22(27)26-13-11-25(12-14-26)16-19-9-10-21(20(24)15-19)28-17-18-7-5-4-6-8-18/h4-10,15H,11-14,16-17H2,1-3H3. The van der Waals surface area contributed by atoms with E-state index in [1.165, 1.54) is 5.56 Å². The topological polar surface area (TPSA) is 42.0 Å². The average molecular weight is 461 g/mol. The maximum atomic E-state index is 12.2. The molecule has 0 aliphatic carbocycles. The zero-order valence-corrected chi connectivity index (χ0v) is 18.9. The summed E-state index contributed by atoms with van der Waals surface area (Å²) < 4.78 is 12.3. The number of carbonyl (C=O) groups is 1. The summed E-state index contributed by atoms with van der Waals surface area (Å²) in [4.78, 5) is 16.3. The Balaban J connectivity index is 1.49. The molecule has 2 aromatic carbocycles. The maximum absolute atomic E-state index is 12.2. The highest BCUT2D eigenvalue weighted by molar-refractivity contribution is 9.10. The van der Waals surface area contributed by atoms with E-state index >= 15 is 0 Å². The third-order valence-corrected chi connectivity index (χ3v) is 5.28. The van der Waals surface area contributed by atoms with Crippen LogP contribution in [0.4, 0.5) is 4.79 Å². The lowest BCUT2D eigenvalue weighted by atomic mass is 10.2. The van der Waals surface area contributed by atoms with Crippen molar-refractivity contribution in [2.75, 3.05) is 26.2 Å². The number of halogens is 1. The van der Waals surface area contributed by atoms with E-state index in [2.05, 4.69) is 45.1 Å². The Labute approximate surface area is 181 Å². The molecule has 29 heavy (non-hydrogen) atoms. The Bertz CT molecular complexity index is 813. The second-order valence-electron chi connectivity index (χ2n) is 8.28. The Morgan fingerprint density at radius 1 is 1.00 bits per heavy atom. The largest absolute Gasteiger partial charge is 0.488 e. The highest BCUT2D eigenvalue weighted by Crippen LogP contribution is 2.27. The zero-order valence-electron chi connectivity index (χ0n) is 17.4. The number of piperazine rings is 1. The van der Waals surface area contributed by atoms with Crippen molar-refractivity contribution in [3.05, 3.63) is 64.1 Å². The fourth-order valence-corrected chi connectivity index (χ4v) is 3.71. The lowest BCUT2D eigenvalue weighted by Crippen LogP contribution is -2.49. The molecule has 0 saturated carbocycles. The van der Waals surface area contributed by atoms with E-state index in [9.17, 15) is 4.79 Å². The molecule has 0 unspecified atom stereocenters. The first-order valence-electron chi connectivity index (χ1n) is 9.95. The average Bonchev–Trinajstić information content (AvgIpc) is 2.67. The number of hydrogen-bond acceptors (Lipinski definition) is 4. The van der Waals surface area contributed by atoms with Crippen molar-refractivity contribution >= 4 is 22.0 Å². The molecule has 1 saturated heterocycles. The molecule has 0 N–H and O–H groups in total. The van der Waals surface area contributed by atoms with Gasteiger partial charge in [0.15, 0.2) is 0 Å². The van der Waals surface area contributed by atoms with E-state index in [0.717, 1.165) is 35.4 Å². The number of amides is 1. The van der Waals surface area contributed by atoms with Gasteiger partial charge in [0.2, 0.25) is 0 Å². The molecule has 1 aliphatic rings. The molecule has 0 radical (unpaired) electrons. The molecular formula is C23H29BrN2O3. The number of nitrogens with zero attached hydrogens (tertiary/aromatic N) is 2. The van der Waals surface area contributed by atoms with Gasteiger partial charge in [-0.25, -0.2) is 4.79 Å². The van der Waals surface area contributed by atoms with Crippen molar-refractivity contribution in [2.45, 2.75) is 39.5 Å². The van der Waals surface area contributed by atoms with Gasteiger partial charge in [-0.3, -0.25) is 4.90 Å². The van der Waals surface area contributed by atoms with Crippen LogP contribution in [0.3, 0.4) is 0 Å². The Morgan fingerprint density at radius 2 is 1.69 bits per heavy atom. The molecule has 0 atom stereocenters. The summed E-state index contributed by atoms with van der Waals surface area (Å²) in [6.45, 7) is 10.1. The van der Waals surface area contributed by atoms with Gasteiger partial charge in [0.25, 0.3) is 0 Å². The molecule has 0 aromatic heterocycles. The number of ether oxygens (including phenoxy) is 2. The summed E-state index contributed by atoms with van der Waals surface area (Å²) in [6, 6.07) is 16.4. The van der Waals surface area contributed by atoms with Crippen LogP contribution in [-0.2, 0) is 17.9 Å². The lowest BCUT2D eigenvalue weighted by Gasteiger charge is -2.35. The monoisotopic (exact) mass is 460 g/mol. The fourth-order valence-electron chi connectivity index (χ4n) is 3.17. The van der Waals surface area contributed by atoms with Gasteiger partial charge in [-0.1, -0.05) is 36.4 Å². The third kappa shape index (κ3) is 6.75. The van der Waals surface area contributed by atoms with E-state index in [0.29, 0.717) is 19.7 Å². The van der Waals surface area contributed by atoms with Crippen LogP contribution in [0.25, 0.3) is 0 Å². The molecule has 3 rings (SSSR count). The van der Waals surface area contributed by atoms with E-state index in [-0.39, 0.29) is 6.09 Å². The summed E-state index contributed by atoms with van der Waals surface area (Å²) in [5, 5.41) is 0. The van der Waals surface area contributed by atoms with E-state index in [1.807, 2.05) is 45.0 Å². The number of hydrogen-bond donors (Lipinski definition) is 0. The summed E-state index contributed by atoms with van der Waals surface area (Å²) in [5.74, 6) is 0.840. The number of benzene rings is 2. The lowest BCUT2D eigenvalue weighted by molar-refractivity contribution is 0.0139. The van der Waals surface area contributed by atoms with E-state index in [1.54, 1.807) is 4.90 Å². The summed E-state index contributed by atoms with van der Waals surface area (Å²) in [5.41, 5.74) is 1.91. The SMILES string of the molecule is CC(C)(C)OC(=O)N1CCN(Cc2ccc(OCc3ccccc3)c(Br)c2)CC1. The normalized spacial score (nSPS) is 15.2. The summed E-state index contributed by atoms with van der Waals surface area (Å²) in [6.07, 6.45) is -0.222. The molecule has 0 spiro atoms. The Kier molecular flexibility index (Phi) is 7.19. The molecule has 1 amide bonds. The molecule has 2 aromatic rings. The van der Waals surface area contributed by atoms with Crippen LogP contribution in [0, 0.1) is 0 Å². The molecule has 0 bridgehead atoms. The van der Waals surface area contributed by atoms with Crippen LogP contribution in [0.2, 0.25) is 0 Å². The van der Waals surface area contributed by atoms with Crippen LogP contribution in [-0.4, -0.2) is 47.7 Å². The van der Waals surface area contributed by atoms with Gasteiger partial charge < -0.3 is 14.4 Å². The summed E-state index contributed by atoms with van der Waals surface area (Å²) in [7, 11) is 0. The van der Waals surface area contributed by atoms with Gasteiger partial charge >= 0.3 is 6.09 Å². The molecule has 1 fully saturated rings. The van der Waals surface area contributed by atoms with Crippen molar-refractivity contribution in [2.24, 2.45) is 0 Å². The second-order valence-corrected chi connectivity index (χ2v) is 9.14. The molecule has 156 valence electrons. The van der Waals surface area contributed by atoms with Gasteiger partial charge in [-0.05, 0) is 60.0 Å². The Hall–Kier alpha value is -2.05. The van der Waals surface area contributed by atoms with Crippen molar-refractivity contribution in [3.63, 3.8) is 0 Å². The van der Waals surface area contributed by atoms with Crippen LogP contribution in [0.5, 0.6) is 5.75 Å². The van der Waals surface area contributed by atoms with Crippen LogP contribution < -0.4 is 4.74 Å². The summed E-state index contributed by atoms with van der Waals surface area (Å²) >= 11 is 3.63. The quantitative estimate of drug-likeness (QED) is 0.623. The molecule has 1 heterocycles. The first-order valence-corrected chi connectivity index (χ1v) is 10.7. The first kappa shape index (κ1) is 21.7. The molecule has 5 nitrogen and oxygen atoms in total. The number of carbonyl (C=O) groups excluding carboxylic acids is 1. The first-order chi connectivity index (χ1) is 13.8. The molecule has 6 heteroatoms. The highest BCUT2D eigenvalue weighted by atomic mass is 79.9. The predicted octanol–water partition coefficient (Wildman–Crippen LogP) is 5.08. The molecule has 1 aliphatic heterocycles. The zero-order chi connectivity index (χ0) is 20.9. The second kappa shape index (κ2) is 9.63. The van der Waals surface area contributed by atoms with Crippen molar-refractivity contribution in [1.82, 2.24) is 9.80 Å². The van der Waals surface area contributed by atoms with Gasteiger partial charge in [0, 0.05) is 32.7 Å². The minimum atomic E-state index is -0.454. The van der Waals surface area contributed by atoms with Crippen LogP contribution in [0.15, 0.2) is 53.0 Å². The Morgan fingerprint density at radius 3 is 2.31 bits per heavy atom. The van der Waals surface area contributed by atoms with Crippen molar-refractivity contribution in [1.29, 1.82) is 0 Å². The van der Waals surface area contributed by atoms with Crippen molar-refractivity contribution in [3.8, 4) is 5.75 Å². The van der Waals surface area contributed by atoms with E-state index in [4.69, 9.17) is 9.47 Å². The van der Waals surface area contributed by atoms with Gasteiger partial charge in [-0.2, -0.15) is 0 Å². The highest BCUT2D eigenvalue weighted by Gasteiger charge is 2.25. The van der Waals surface area contributed by atoms with Crippen molar-refractivity contribution < 1.29 is 14.3 Å². The fraction of sp³-hybridized carbons (Fsp3) is 0.435. The van der Waals surface area contributed by atoms with Gasteiger partial charge in [0.05, 0.1) is 4.47 Å². The predicted molar refractivity (Wildman–Crippen MR) is 118 cm³/mol. The smallest absolute Gasteiger partial charge is 0.410 e. The third-order valence-electron chi connectivity index (χ3n) is 4.66. The van der Waals surface area contributed by atoms with Crippen LogP contribution >= 0.6 is 15.9 Å². The maximum Gasteiger partial charge on any atom is 0.410 e. The van der Waals surface area contributed by atoms with Gasteiger partial charge in [-0.15, -0.1) is 0 Å².